The maximum atomic E-state index is 12.7. The number of hydrogen-bond donors (Lipinski definition) is 2. The molecule has 0 atom stereocenters. The van der Waals surface area contributed by atoms with E-state index in [9.17, 15) is 9.59 Å². The summed E-state index contributed by atoms with van der Waals surface area (Å²) in [4.78, 5) is 34.1. The summed E-state index contributed by atoms with van der Waals surface area (Å²) in [6, 6.07) is 9.36. The molecule has 0 saturated heterocycles. The number of aromatic amines is 1. The molecule has 2 N–H and O–H groups in total. The van der Waals surface area contributed by atoms with Crippen LogP contribution in [-0.4, -0.2) is 46.6 Å². The molecule has 2 aromatic heterocycles. The van der Waals surface area contributed by atoms with Gasteiger partial charge in [0, 0.05) is 36.9 Å². The summed E-state index contributed by atoms with van der Waals surface area (Å²) in [7, 11) is 3.34. The Morgan fingerprint density at radius 1 is 1.10 bits per heavy atom. The summed E-state index contributed by atoms with van der Waals surface area (Å²) < 4.78 is 5.31. The molecule has 1 aromatic carbocycles. The molecule has 0 saturated carbocycles. The summed E-state index contributed by atoms with van der Waals surface area (Å²) in [6.45, 7) is 7.33. The molecule has 7 nitrogen and oxygen atoms in total. The molecule has 2 amide bonds. The standard InChI is InChI=1S/C22H26N4O3/c1-13-9-15-10-16(12-23-19(15)24-13)14-7-8-18(17(11-14)20(27)26(5)6)25-21(28)29-22(2,3)4/h7-12H,1-6H3,(H,23,24)(H,25,28). The van der Waals surface area contributed by atoms with Crippen molar-refractivity contribution in [2.24, 2.45) is 0 Å². The maximum absolute atomic E-state index is 12.7. The summed E-state index contributed by atoms with van der Waals surface area (Å²) in [6.07, 6.45) is 1.15. The maximum Gasteiger partial charge on any atom is 0.412 e. The van der Waals surface area contributed by atoms with Crippen molar-refractivity contribution < 1.29 is 14.3 Å². The third-order valence-corrected chi connectivity index (χ3v) is 4.23. The zero-order chi connectivity index (χ0) is 21.3. The van der Waals surface area contributed by atoms with Crippen LogP contribution in [0.5, 0.6) is 0 Å². The Kier molecular flexibility index (Phi) is 5.33. The zero-order valence-corrected chi connectivity index (χ0v) is 17.6. The first-order valence-corrected chi connectivity index (χ1v) is 9.35. The molecule has 0 bridgehead atoms. The Bertz CT molecular complexity index is 1080. The van der Waals surface area contributed by atoms with Crippen LogP contribution in [0.15, 0.2) is 36.5 Å². The number of fused-ring (bicyclic) bond motifs is 1. The molecule has 0 aliphatic rings. The van der Waals surface area contributed by atoms with E-state index >= 15 is 0 Å². The van der Waals surface area contributed by atoms with Crippen molar-refractivity contribution in [1.29, 1.82) is 0 Å². The van der Waals surface area contributed by atoms with Crippen LogP contribution in [0.2, 0.25) is 0 Å². The molecule has 0 spiro atoms. The number of pyridine rings is 1. The first-order chi connectivity index (χ1) is 13.5. The molecule has 3 rings (SSSR count). The van der Waals surface area contributed by atoms with Gasteiger partial charge in [-0.15, -0.1) is 0 Å². The third kappa shape index (κ3) is 4.74. The molecular formula is C22H26N4O3. The van der Waals surface area contributed by atoms with Gasteiger partial charge < -0.3 is 14.6 Å². The second-order valence-electron chi connectivity index (χ2n) is 8.20. The Balaban J connectivity index is 2.00. The van der Waals surface area contributed by atoms with Gasteiger partial charge in [0.1, 0.15) is 11.2 Å². The minimum absolute atomic E-state index is 0.218. The van der Waals surface area contributed by atoms with Crippen molar-refractivity contribution in [2.75, 3.05) is 19.4 Å². The van der Waals surface area contributed by atoms with Crippen LogP contribution in [0, 0.1) is 6.92 Å². The Hall–Kier alpha value is -3.35. The number of amides is 2. The highest BCUT2D eigenvalue weighted by molar-refractivity contribution is 6.03. The van der Waals surface area contributed by atoms with E-state index in [1.54, 1.807) is 53.2 Å². The lowest BCUT2D eigenvalue weighted by Crippen LogP contribution is -2.29. The first-order valence-electron chi connectivity index (χ1n) is 9.35. The molecule has 3 aromatic rings. The van der Waals surface area contributed by atoms with Gasteiger partial charge in [0.2, 0.25) is 0 Å². The Morgan fingerprint density at radius 3 is 2.48 bits per heavy atom. The number of carbonyl (C=O) groups excluding carboxylic acids is 2. The SMILES string of the molecule is Cc1cc2cc(-c3ccc(NC(=O)OC(C)(C)C)c(C(=O)N(C)C)c3)cnc2[nH]1. The fourth-order valence-electron chi connectivity index (χ4n) is 2.97. The van der Waals surface area contributed by atoms with Crippen LogP contribution >= 0.6 is 0 Å². The quantitative estimate of drug-likeness (QED) is 0.680. The van der Waals surface area contributed by atoms with Crippen molar-refractivity contribution in [3.05, 3.63) is 47.8 Å². The van der Waals surface area contributed by atoms with Gasteiger partial charge in [-0.3, -0.25) is 10.1 Å². The van der Waals surface area contributed by atoms with E-state index in [2.05, 4.69) is 15.3 Å². The molecule has 152 valence electrons. The van der Waals surface area contributed by atoms with Crippen molar-refractivity contribution in [3.8, 4) is 11.1 Å². The van der Waals surface area contributed by atoms with Crippen molar-refractivity contribution in [2.45, 2.75) is 33.3 Å². The van der Waals surface area contributed by atoms with Gasteiger partial charge in [-0.1, -0.05) is 6.07 Å². The molecule has 0 unspecified atom stereocenters. The number of benzene rings is 1. The molecule has 0 aliphatic carbocycles. The summed E-state index contributed by atoms with van der Waals surface area (Å²) >= 11 is 0. The number of nitrogens with zero attached hydrogens (tertiary/aromatic N) is 2. The first kappa shape index (κ1) is 20.4. The van der Waals surface area contributed by atoms with Gasteiger partial charge in [-0.2, -0.15) is 0 Å². The predicted octanol–water partition coefficient (Wildman–Crippen LogP) is 4.59. The summed E-state index contributed by atoms with van der Waals surface area (Å²) in [5, 5.41) is 3.68. The van der Waals surface area contributed by atoms with E-state index in [1.807, 2.05) is 25.1 Å². The molecular weight excluding hydrogens is 368 g/mol. The number of rotatable bonds is 3. The Morgan fingerprint density at radius 2 is 1.83 bits per heavy atom. The third-order valence-electron chi connectivity index (χ3n) is 4.23. The van der Waals surface area contributed by atoms with Gasteiger partial charge in [-0.25, -0.2) is 9.78 Å². The number of ether oxygens (including phenoxy) is 1. The average Bonchev–Trinajstić information content (AvgIpc) is 2.98. The van der Waals surface area contributed by atoms with Gasteiger partial charge >= 0.3 is 6.09 Å². The number of aryl methyl sites for hydroxylation is 1. The van der Waals surface area contributed by atoms with Crippen molar-refractivity contribution >= 4 is 28.7 Å². The van der Waals surface area contributed by atoms with Gasteiger partial charge in [0.25, 0.3) is 5.91 Å². The molecule has 7 heteroatoms. The molecule has 2 heterocycles. The second-order valence-corrected chi connectivity index (χ2v) is 8.20. The number of anilines is 1. The van der Waals surface area contributed by atoms with E-state index in [0.29, 0.717) is 11.3 Å². The number of hydrogen-bond acceptors (Lipinski definition) is 4. The van der Waals surface area contributed by atoms with E-state index in [4.69, 9.17) is 4.74 Å². The largest absolute Gasteiger partial charge is 0.444 e. The zero-order valence-electron chi connectivity index (χ0n) is 17.6. The molecule has 0 aliphatic heterocycles. The fourth-order valence-corrected chi connectivity index (χ4v) is 2.97. The molecule has 29 heavy (non-hydrogen) atoms. The highest BCUT2D eigenvalue weighted by atomic mass is 16.6. The topological polar surface area (TPSA) is 87.3 Å². The minimum atomic E-state index is -0.633. The average molecular weight is 394 g/mol. The normalized spacial score (nSPS) is 11.4. The van der Waals surface area contributed by atoms with Gasteiger partial charge in [0.15, 0.2) is 0 Å². The second kappa shape index (κ2) is 7.58. The Labute approximate surface area is 170 Å². The van der Waals surface area contributed by atoms with E-state index in [-0.39, 0.29) is 5.91 Å². The van der Waals surface area contributed by atoms with Crippen LogP contribution in [0.3, 0.4) is 0 Å². The summed E-state index contributed by atoms with van der Waals surface area (Å²) in [5.74, 6) is -0.218. The van der Waals surface area contributed by atoms with Crippen molar-refractivity contribution in [1.82, 2.24) is 14.9 Å². The van der Waals surface area contributed by atoms with Crippen LogP contribution in [0.4, 0.5) is 10.5 Å². The lowest BCUT2D eigenvalue weighted by molar-refractivity contribution is 0.0636. The highest BCUT2D eigenvalue weighted by Crippen LogP contribution is 2.28. The van der Waals surface area contributed by atoms with E-state index in [1.165, 1.54) is 4.90 Å². The highest BCUT2D eigenvalue weighted by Gasteiger charge is 2.20. The fraction of sp³-hybridized carbons (Fsp3) is 0.318. The van der Waals surface area contributed by atoms with E-state index in [0.717, 1.165) is 27.9 Å². The number of H-pyrrole nitrogens is 1. The van der Waals surface area contributed by atoms with Gasteiger partial charge in [-0.05, 0) is 57.5 Å². The van der Waals surface area contributed by atoms with Gasteiger partial charge in [0.05, 0.1) is 11.3 Å². The lowest BCUT2D eigenvalue weighted by atomic mass is 10.0. The summed E-state index contributed by atoms with van der Waals surface area (Å²) in [5.41, 5.74) is 3.71. The monoisotopic (exact) mass is 394 g/mol. The van der Waals surface area contributed by atoms with Crippen LogP contribution in [-0.2, 0) is 4.74 Å². The number of nitrogens with one attached hydrogen (secondary N) is 2. The van der Waals surface area contributed by atoms with E-state index < -0.39 is 11.7 Å². The number of aromatic nitrogens is 2. The smallest absolute Gasteiger partial charge is 0.412 e. The molecule has 0 fully saturated rings. The van der Waals surface area contributed by atoms with Crippen molar-refractivity contribution in [3.63, 3.8) is 0 Å². The minimum Gasteiger partial charge on any atom is -0.444 e. The predicted molar refractivity (Wildman–Crippen MR) is 114 cm³/mol. The molecule has 0 radical (unpaired) electrons. The van der Waals surface area contributed by atoms with Crippen LogP contribution < -0.4 is 5.32 Å². The number of carbonyl (C=O) groups is 2. The van der Waals surface area contributed by atoms with Crippen LogP contribution in [0.1, 0.15) is 36.8 Å². The lowest BCUT2D eigenvalue weighted by Gasteiger charge is -2.21. The van der Waals surface area contributed by atoms with Crippen LogP contribution in [0.25, 0.3) is 22.2 Å².